The van der Waals surface area contributed by atoms with Crippen LogP contribution < -0.4 is 19.5 Å². The van der Waals surface area contributed by atoms with Crippen LogP contribution in [-0.4, -0.2) is 61.5 Å². The minimum Gasteiger partial charge on any atom is -0.493 e. The van der Waals surface area contributed by atoms with Gasteiger partial charge in [-0.15, -0.1) is 0 Å². The molecule has 3 aromatic rings. The second-order valence-corrected chi connectivity index (χ2v) is 8.51. The number of ether oxygens (including phenoxy) is 5. The highest BCUT2D eigenvalue weighted by Gasteiger charge is 2.48. The lowest BCUT2D eigenvalue weighted by molar-refractivity contribution is -0.118. The summed E-state index contributed by atoms with van der Waals surface area (Å²) in [6.07, 6.45) is 1.54. The van der Waals surface area contributed by atoms with Gasteiger partial charge in [0, 0.05) is 29.5 Å². The van der Waals surface area contributed by atoms with Gasteiger partial charge >= 0.3 is 0 Å². The number of carbonyl (C=O) groups is 1. The van der Waals surface area contributed by atoms with Gasteiger partial charge in [-0.25, -0.2) is 9.97 Å². The maximum absolute atomic E-state index is 11.5. The van der Waals surface area contributed by atoms with Crippen molar-refractivity contribution in [3.63, 3.8) is 0 Å². The lowest BCUT2D eigenvalue weighted by Crippen LogP contribution is -2.33. The van der Waals surface area contributed by atoms with E-state index in [4.69, 9.17) is 23.7 Å². The third kappa shape index (κ3) is 4.36. The summed E-state index contributed by atoms with van der Waals surface area (Å²) >= 11 is 0. The van der Waals surface area contributed by atoms with Crippen LogP contribution in [0.15, 0.2) is 42.7 Å². The molecule has 34 heavy (non-hydrogen) atoms. The third-order valence-electron chi connectivity index (χ3n) is 6.21. The van der Waals surface area contributed by atoms with Crippen molar-refractivity contribution >= 4 is 28.2 Å². The van der Waals surface area contributed by atoms with Crippen molar-refractivity contribution in [2.45, 2.75) is 31.7 Å². The lowest BCUT2D eigenvalue weighted by Gasteiger charge is -2.18. The monoisotopic (exact) mass is 465 g/mol. The van der Waals surface area contributed by atoms with Gasteiger partial charge in [-0.1, -0.05) is 0 Å². The number of nitrogens with one attached hydrogen (secondary N) is 1. The molecule has 5 rings (SSSR count). The SMILES string of the molecule is COc1cc2ncnc(Nc3ccc(O[C@H]4CO[C@@H]5[C@@H](CC(C)=O)CO[C@@H]54)cc3)c2cc1OC. The Kier molecular flexibility index (Phi) is 6.21. The van der Waals surface area contributed by atoms with Gasteiger partial charge in [-0.3, -0.25) is 0 Å². The van der Waals surface area contributed by atoms with Crippen LogP contribution in [0.5, 0.6) is 17.2 Å². The zero-order valence-corrected chi connectivity index (χ0v) is 19.3. The van der Waals surface area contributed by atoms with Crippen molar-refractivity contribution in [2.75, 3.05) is 32.8 Å². The molecule has 1 N–H and O–H groups in total. The quantitative estimate of drug-likeness (QED) is 0.535. The molecular weight excluding hydrogens is 438 g/mol. The predicted molar refractivity (Wildman–Crippen MR) is 125 cm³/mol. The highest BCUT2D eigenvalue weighted by Crippen LogP contribution is 2.36. The molecule has 2 saturated heterocycles. The van der Waals surface area contributed by atoms with E-state index in [1.807, 2.05) is 36.4 Å². The van der Waals surface area contributed by atoms with E-state index in [2.05, 4.69) is 15.3 Å². The van der Waals surface area contributed by atoms with Gasteiger partial charge < -0.3 is 33.8 Å². The molecule has 2 aliphatic heterocycles. The number of fused-ring (bicyclic) bond motifs is 2. The number of hydrogen-bond acceptors (Lipinski definition) is 9. The van der Waals surface area contributed by atoms with E-state index < -0.39 is 0 Å². The lowest BCUT2D eigenvalue weighted by atomic mass is 9.96. The van der Waals surface area contributed by atoms with E-state index in [0.29, 0.717) is 37.0 Å². The van der Waals surface area contributed by atoms with Crippen molar-refractivity contribution in [3.05, 3.63) is 42.7 Å². The smallest absolute Gasteiger partial charge is 0.162 e. The molecule has 0 saturated carbocycles. The predicted octanol–water partition coefficient (Wildman–Crippen LogP) is 3.53. The molecule has 0 spiro atoms. The standard InChI is InChI=1S/C25H27N3O6/c1-14(29)8-15-11-32-24-22(12-33-23(15)24)34-17-6-4-16(5-7-17)28-25-18-9-20(30-2)21(31-3)10-19(18)26-13-27-25/h4-7,9-10,13,15,22-24H,8,11-12H2,1-3H3,(H,26,27,28)/t15-,22-,23+,24+/m0/s1. The summed E-state index contributed by atoms with van der Waals surface area (Å²) in [7, 11) is 3.19. The molecule has 0 bridgehead atoms. The molecule has 0 aliphatic carbocycles. The number of Topliss-reactive ketones (excluding diaryl/α,β-unsaturated/α-hetero) is 1. The molecule has 0 radical (unpaired) electrons. The average Bonchev–Trinajstić information content (AvgIpc) is 3.42. The molecule has 9 nitrogen and oxygen atoms in total. The van der Waals surface area contributed by atoms with Crippen LogP contribution in [0.25, 0.3) is 10.9 Å². The van der Waals surface area contributed by atoms with Crippen LogP contribution in [0.2, 0.25) is 0 Å². The number of ketones is 1. The summed E-state index contributed by atoms with van der Waals surface area (Å²) in [5.74, 6) is 2.84. The Balaban J connectivity index is 1.27. The Morgan fingerprint density at radius 2 is 1.76 bits per heavy atom. The molecule has 4 atom stereocenters. The van der Waals surface area contributed by atoms with Crippen molar-refractivity contribution < 1.29 is 28.5 Å². The molecule has 0 unspecified atom stereocenters. The number of rotatable bonds is 8. The summed E-state index contributed by atoms with van der Waals surface area (Å²) in [5, 5.41) is 4.15. The Bertz CT molecular complexity index is 1190. The average molecular weight is 466 g/mol. The van der Waals surface area contributed by atoms with Crippen LogP contribution in [0.3, 0.4) is 0 Å². The first-order valence-electron chi connectivity index (χ1n) is 11.2. The highest BCUT2D eigenvalue weighted by molar-refractivity contribution is 5.93. The second kappa shape index (κ2) is 9.44. The molecule has 1 aromatic heterocycles. The number of methoxy groups -OCH3 is 2. The van der Waals surface area contributed by atoms with E-state index in [1.165, 1.54) is 6.33 Å². The van der Waals surface area contributed by atoms with E-state index in [1.54, 1.807) is 21.1 Å². The van der Waals surface area contributed by atoms with Crippen molar-refractivity contribution in [3.8, 4) is 17.2 Å². The Labute approximate surface area is 197 Å². The largest absolute Gasteiger partial charge is 0.493 e. The fourth-order valence-corrected chi connectivity index (χ4v) is 4.60. The van der Waals surface area contributed by atoms with E-state index in [-0.39, 0.29) is 30.0 Å². The fraction of sp³-hybridized carbons (Fsp3) is 0.400. The Morgan fingerprint density at radius 3 is 2.50 bits per heavy atom. The van der Waals surface area contributed by atoms with Gasteiger partial charge in [-0.05, 0) is 37.3 Å². The first-order valence-corrected chi connectivity index (χ1v) is 11.2. The van der Waals surface area contributed by atoms with Crippen LogP contribution in [0, 0.1) is 5.92 Å². The zero-order valence-electron chi connectivity index (χ0n) is 19.3. The van der Waals surface area contributed by atoms with Gasteiger partial charge in [0.15, 0.2) is 17.6 Å². The van der Waals surface area contributed by atoms with Gasteiger partial charge in [0.05, 0.1) is 39.1 Å². The molecule has 0 amide bonds. The number of anilines is 2. The normalized spacial score (nSPS) is 23.5. The summed E-state index contributed by atoms with van der Waals surface area (Å²) in [4.78, 5) is 20.2. The zero-order chi connectivity index (χ0) is 23.7. The summed E-state index contributed by atoms with van der Waals surface area (Å²) in [6.45, 7) is 2.58. The molecule has 2 fully saturated rings. The number of aromatic nitrogens is 2. The second-order valence-electron chi connectivity index (χ2n) is 8.51. The van der Waals surface area contributed by atoms with Crippen LogP contribution >= 0.6 is 0 Å². The van der Waals surface area contributed by atoms with Gasteiger partial charge in [0.2, 0.25) is 0 Å². The van der Waals surface area contributed by atoms with E-state index >= 15 is 0 Å². The molecule has 2 aromatic carbocycles. The maximum atomic E-state index is 11.5. The summed E-state index contributed by atoms with van der Waals surface area (Å²) in [6, 6.07) is 11.3. The van der Waals surface area contributed by atoms with Crippen molar-refractivity contribution in [2.24, 2.45) is 5.92 Å². The van der Waals surface area contributed by atoms with Crippen LogP contribution in [0.4, 0.5) is 11.5 Å². The van der Waals surface area contributed by atoms with Gasteiger partial charge in [-0.2, -0.15) is 0 Å². The number of nitrogens with zero attached hydrogens (tertiary/aromatic N) is 2. The van der Waals surface area contributed by atoms with Crippen LogP contribution in [-0.2, 0) is 14.3 Å². The van der Waals surface area contributed by atoms with Crippen molar-refractivity contribution in [1.82, 2.24) is 9.97 Å². The molecule has 9 heteroatoms. The van der Waals surface area contributed by atoms with Gasteiger partial charge in [0.25, 0.3) is 0 Å². The topological polar surface area (TPSA) is 101 Å². The maximum Gasteiger partial charge on any atom is 0.162 e. The first kappa shape index (κ1) is 22.4. The number of carbonyl (C=O) groups excluding carboxylic acids is 1. The summed E-state index contributed by atoms with van der Waals surface area (Å²) in [5.41, 5.74) is 1.59. The van der Waals surface area contributed by atoms with Gasteiger partial charge in [0.1, 0.15) is 29.8 Å². The molecule has 2 aliphatic rings. The molecular formula is C25H27N3O6. The van der Waals surface area contributed by atoms with Crippen LogP contribution in [0.1, 0.15) is 13.3 Å². The molecule has 3 heterocycles. The first-order chi connectivity index (χ1) is 16.6. The fourth-order valence-electron chi connectivity index (χ4n) is 4.60. The highest BCUT2D eigenvalue weighted by atomic mass is 16.6. The Hall–Kier alpha value is -3.43. The van der Waals surface area contributed by atoms with E-state index in [9.17, 15) is 4.79 Å². The minimum absolute atomic E-state index is 0.0866. The van der Waals surface area contributed by atoms with Crippen molar-refractivity contribution in [1.29, 1.82) is 0 Å². The third-order valence-corrected chi connectivity index (χ3v) is 6.21. The number of hydrogen-bond donors (Lipinski definition) is 1. The molecule has 178 valence electrons. The Morgan fingerprint density at radius 1 is 1.03 bits per heavy atom. The number of benzene rings is 2. The minimum atomic E-state index is -0.200. The van der Waals surface area contributed by atoms with E-state index in [0.717, 1.165) is 22.3 Å². The summed E-state index contributed by atoms with van der Waals surface area (Å²) < 4.78 is 28.8.